The van der Waals surface area contributed by atoms with Crippen LogP contribution in [0.3, 0.4) is 0 Å². The van der Waals surface area contributed by atoms with E-state index >= 15 is 0 Å². The van der Waals surface area contributed by atoms with E-state index < -0.39 is 0 Å². The molecule has 1 aromatic heterocycles. The van der Waals surface area contributed by atoms with E-state index in [1.807, 2.05) is 6.07 Å². The van der Waals surface area contributed by atoms with Crippen molar-refractivity contribution < 1.29 is 0 Å². The molecule has 0 unspecified atom stereocenters. The maximum atomic E-state index is 9.04. The number of hydrogen-bond donors (Lipinski definition) is 0. The van der Waals surface area contributed by atoms with Crippen LogP contribution in [0.4, 0.5) is 0 Å². The van der Waals surface area contributed by atoms with E-state index in [1.54, 1.807) is 6.20 Å². The zero-order valence-electron chi connectivity index (χ0n) is 15.9. The minimum atomic E-state index is 0.206. The summed E-state index contributed by atoms with van der Waals surface area (Å²) in [6.45, 7) is 9.42. The van der Waals surface area contributed by atoms with E-state index in [0.29, 0.717) is 5.56 Å². The predicted octanol–water partition coefficient (Wildman–Crippen LogP) is 6.12. The molecule has 3 aromatic rings. The molecule has 2 nitrogen and oxygen atoms in total. The van der Waals surface area contributed by atoms with Gasteiger partial charge in [-0.2, -0.15) is 5.26 Å². The Labute approximate surface area is 155 Å². The van der Waals surface area contributed by atoms with Gasteiger partial charge in [-0.25, -0.2) is 0 Å². The van der Waals surface area contributed by atoms with Crippen LogP contribution in [-0.4, -0.2) is 4.98 Å². The third-order valence-corrected chi connectivity index (χ3v) is 6.00. The first-order valence-electron chi connectivity index (χ1n) is 9.25. The van der Waals surface area contributed by atoms with Crippen molar-refractivity contribution in [3.05, 3.63) is 65.4 Å². The summed E-state index contributed by atoms with van der Waals surface area (Å²) in [6, 6.07) is 17.3. The molecular formula is C24H24N2. The molecule has 0 aliphatic heterocycles. The Hall–Kier alpha value is -2.66. The number of nitriles is 1. The monoisotopic (exact) mass is 340 g/mol. The Bertz CT molecular complexity index is 1050. The van der Waals surface area contributed by atoms with Crippen molar-refractivity contribution in [2.24, 2.45) is 0 Å². The number of pyridine rings is 1. The van der Waals surface area contributed by atoms with Crippen LogP contribution in [0, 0.1) is 11.3 Å². The average molecular weight is 340 g/mol. The van der Waals surface area contributed by atoms with E-state index in [2.05, 4.69) is 75.1 Å². The minimum absolute atomic E-state index is 0.206. The van der Waals surface area contributed by atoms with Crippen molar-refractivity contribution in [1.29, 1.82) is 5.26 Å². The maximum Gasteiger partial charge on any atom is 0.101 e. The van der Waals surface area contributed by atoms with Crippen molar-refractivity contribution in [3.63, 3.8) is 0 Å². The molecule has 4 rings (SSSR count). The zero-order chi connectivity index (χ0) is 18.5. The number of aromatic nitrogens is 1. The molecule has 1 heterocycles. The van der Waals surface area contributed by atoms with E-state index in [1.165, 1.54) is 35.1 Å². The van der Waals surface area contributed by atoms with Gasteiger partial charge in [-0.05, 0) is 58.1 Å². The Morgan fingerprint density at radius 1 is 0.846 bits per heavy atom. The fraction of sp³-hybridized carbons (Fsp3) is 0.333. The van der Waals surface area contributed by atoms with Gasteiger partial charge in [0.25, 0.3) is 0 Å². The van der Waals surface area contributed by atoms with Crippen molar-refractivity contribution >= 4 is 10.9 Å². The number of fused-ring (bicyclic) bond motifs is 2. The standard InChI is InChI=1S/C24H24N2/c1-23(2)9-10-24(3,4)21-12-17(7-8-20(21)23)18-5-6-19-11-16(14-25)15-26-22(19)13-18/h5-8,11-13,15H,9-10H2,1-4H3. The first kappa shape index (κ1) is 16.8. The molecule has 0 bridgehead atoms. The van der Waals surface area contributed by atoms with Crippen LogP contribution in [0.5, 0.6) is 0 Å². The highest BCUT2D eigenvalue weighted by molar-refractivity contribution is 5.85. The molecule has 0 radical (unpaired) electrons. The Morgan fingerprint density at radius 2 is 1.50 bits per heavy atom. The van der Waals surface area contributed by atoms with Crippen LogP contribution in [0.1, 0.15) is 57.2 Å². The first-order valence-corrected chi connectivity index (χ1v) is 9.25. The molecule has 0 amide bonds. The third-order valence-electron chi connectivity index (χ3n) is 6.00. The van der Waals surface area contributed by atoms with Crippen LogP contribution in [0.15, 0.2) is 48.7 Å². The van der Waals surface area contributed by atoms with Gasteiger partial charge in [0.2, 0.25) is 0 Å². The molecule has 0 N–H and O–H groups in total. The molecule has 2 aromatic carbocycles. The van der Waals surface area contributed by atoms with Gasteiger partial charge in [0.1, 0.15) is 6.07 Å². The number of rotatable bonds is 1. The number of benzene rings is 2. The molecule has 0 saturated heterocycles. The Balaban J connectivity index is 1.84. The minimum Gasteiger partial charge on any atom is -0.255 e. The SMILES string of the molecule is CC1(C)CCC(C)(C)c2cc(-c3ccc4cc(C#N)cnc4c3)ccc21. The van der Waals surface area contributed by atoms with E-state index in [9.17, 15) is 0 Å². The van der Waals surface area contributed by atoms with Crippen molar-refractivity contribution in [1.82, 2.24) is 4.98 Å². The van der Waals surface area contributed by atoms with Gasteiger partial charge in [0.15, 0.2) is 0 Å². The summed E-state index contributed by atoms with van der Waals surface area (Å²) >= 11 is 0. The predicted molar refractivity (Wildman–Crippen MR) is 107 cm³/mol. The smallest absolute Gasteiger partial charge is 0.101 e. The van der Waals surface area contributed by atoms with Crippen molar-refractivity contribution in [2.75, 3.05) is 0 Å². The highest BCUT2D eigenvalue weighted by Gasteiger charge is 2.36. The summed E-state index contributed by atoms with van der Waals surface area (Å²) < 4.78 is 0. The third kappa shape index (κ3) is 2.69. The van der Waals surface area contributed by atoms with Gasteiger partial charge >= 0.3 is 0 Å². The summed E-state index contributed by atoms with van der Waals surface area (Å²) in [5, 5.41) is 10.1. The summed E-state index contributed by atoms with van der Waals surface area (Å²) in [4.78, 5) is 4.45. The quantitative estimate of drug-likeness (QED) is 0.535. The second-order valence-electron chi connectivity index (χ2n) is 8.77. The maximum absolute atomic E-state index is 9.04. The normalized spacial score (nSPS) is 17.5. The summed E-state index contributed by atoms with van der Waals surface area (Å²) in [5.74, 6) is 0. The van der Waals surface area contributed by atoms with Gasteiger partial charge < -0.3 is 0 Å². The lowest BCUT2D eigenvalue weighted by molar-refractivity contribution is 0.332. The fourth-order valence-electron chi connectivity index (χ4n) is 4.13. The topological polar surface area (TPSA) is 36.7 Å². The molecular weight excluding hydrogens is 316 g/mol. The molecule has 26 heavy (non-hydrogen) atoms. The summed E-state index contributed by atoms with van der Waals surface area (Å²) in [5.41, 5.74) is 7.34. The fourth-order valence-corrected chi connectivity index (χ4v) is 4.13. The van der Waals surface area contributed by atoms with E-state index in [0.717, 1.165) is 10.9 Å². The lowest BCUT2D eigenvalue weighted by atomic mass is 9.63. The average Bonchev–Trinajstić information content (AvgIpc) is 2.64. The first-order chi connectivity index (χ1) is 12.3. The van der Waals surface area contributed by atoms with Crippen molar-refractivity contribution in [3.8, 4) is 17.2 Å². The zero-order valence-corrected chi connectivity index (χ0v) is 15.9. The van der Waals surface area contributed by atoms with Crippen LogP contribution in [0.2, 0.25) is 0 Å². The molecule has 2 heteroatoms. The highest BCUT2D eigenvalue weighted by atomic mass is 14.6. The second kappa shape index (κ2) is 5.68. The van der Waals surface area contributed by atoms with Crippen LogP contribution < -0.4 is 0 Å². The molecule has 1 aliphatic carbocycles. The molecule has 0 fully saturated rings. The molecule has 0 atom stereocenters. The number of hydrogen-bond acceptors (Lipinski definition) is 2. The van der Waals surface area contributed by atoms with Gasteiger partial charge in [0, 0.05) is 11.6 Å². The van der Waals surface area contributed by atoms with E-state index in [-0.39, 0.29) is 10.8 Å². The van der Waals surface area contributed by atoms with Gasteiger partial charge in [-0.1, -0.05) is 58.0 Å². The molecule has 0 saturated carbocycles. The van der Waals surface area contributed by atoms with Crippen LogP contribution in [0.25, 0.3) is 22.0 Å². The molecule has 0 spiro atoms. The van der Waals surface area contributed by atoms with Crippen LogP contribution >= 0.6 is 0 Å². The lowest BCUT2D eigenvalue weighted by Gasteiger charge is -2.42. The van der Waals surface area contributed by atoms with E-state index in [4.69, 9.17) is 5.26 Å². The largest absolute Gasteiger partial charge is 0.255 e. The van der Waals surface area contributed by atoms with Gasteiger partial charge in [-0.3, -0.25) is 4.98 Å². The highest BCUT2D eigenvalue weighted by Crippen LogP contribution is 2.46. The Morgan fingerprint density at radius 3 is 2.23 bits per heavy atom. The molecule has 1 aliphatic rings. The molecule has 130 valence electrons. The van der Waals surface area contributed by atoms with Crippen LogP contribution in [-0.2, 0) is 10.8 Å². The Kier molecular flexibility index (Phi) is 3.66. The summed E-state index contributed by atoms with van der Waals surface area (Å²) in [6.07, 6.45) is 4.09. The second-order valence-corrected chi connectivity index (χ2v) is 8.77. The van der Waals surface area contributed by atoms with Gasteiger partial charge in [-0.15, -0.1) is 0 Å². The van der Waals surface area contributed by atoms with Gasteiger partial charge in [0.05, 0.1) is 11.1 Å². The summed E-state index contributed by atoms with van der Waals surface area (Å²) in [7, 11) is 0. The lowest BCUT2D eigenvalue weighted by Crippen LogP contribution is -2.33. The number of nitrogens with zero attached hydrogens (tertiary/aromatic N) is 2. The van der Waals surface area contributed by atoms with Crippen molar-refractivity contribution in [2.45, 2.75) is 51.4 Å².